The Hall–Kier alpha value is -2.77. The summed E-state index contributed by atoms with van der Waals surface area (Å²) in [5, 5.41) is 0.805. The number of hydrogen-bond donors (Lipinski definition) is 1. The second kappa shape index (κ2) is 9.23. The molecule has 0 atom stereocenters. The number of amides is 1. The molecule has 2 aromatic carbocycles. The summed E-state index contributed by atoms with van der Waals surface area (Å²) >= 11 is 0. The minimum atomic E-state index is -3.65. The molecule has 1 aliphatic heterocycles. The van der Waals surface area contributed by atoms with Crippen molar-refractivity contribution in [2.45, 2.75) is 43.5 Å². The van der Waals surface area contributed by atoms with Crippen LogP contribution in [0.1, 0.15) is 36.8 Å². The van der Waals surface area contributed by atoms with E-state index in [4.69, 9.17) is 0 Å². The highest BCUT2D eigenvalue weighted by Gasteiger charge is 2.31. The van der Waals surface area contributed by atoms with E-state index < -0.39 is 10.0 Å². The third-order valence-corrected chi connectivity index (χ3v) is 8.54. The molecule has 6 nitrogen and oxygen atoms in total. The summed E-state index contributed by atoms with van der Waals surface area (Å²) in [6, 6.07) is 17.2. The van der Waals surface area contributed by atoms with Crippen LogP contribution in [0.2, 0.25) is 0 Å². The zero-order valence-electron chi connectivity index (χ0n) is 18.6. The van der Waals surface area contributed by atoms with Crippen molar-refractivity contribution >= 4 is 26.8 Å². The Kier molecular flexibility index (Phi) is 6.17. The van der Waals surface area contributed by atoms with Crippen LogP contribution in [0.3, 0.4) is 0 Å². The largest absolute Gasteiger partial charge is 0.338 e. The highest BCUT2D eigenvalue weighted by atomic mass is 32.2. The number of sulfonamides is 1. The molecular weight excluding hydrogens is 434 g/mol. The van der Waals surface area contributed by atoms with Crippen molar-refractivity contribution in [2.75, 3.05) is 13.1 Å². The fourth-order valence-electron chi connectivity index (χ4n) is 5.15. The molecule has 1 fully saturated rings. The maximum atomic E-state index is 13.1. The molecule has 0 radical (unpaired) electrons. The van der Waals surface area contributed by atoms with E-state index in [-0.39, 0.29) is 22.6 Å². The molecular formula is C26H29N3O3S. The van der Waals surface area contributed by atoms with Gasteiger partial charge in [-0.2, -0.15) is 0 Å². The van der Waals surface area contributed by atoms with E-state index in [2.05, 4.69) is 27.9 Å². The number of para-hydroxylation sites is 1. The average molecular weight is 464 g/mol. The third kappa shape index (κ3) is 4.66. The van der Waals surface area contributed by atoms with Crippen molar-refractivity contribution in [1.29, 1.82) is 0 Å². The summed E-state index contributed by atoms with van der Waals surface area (Å²) in [6.45, 7) is 1.88. The molecule has 2 heterocycles. The molecule has 7 heteroatoms. The summed E-state index contributed by atoms with van der Waals surface area (Å²) in [5.41, 5.74) is 3.09. The Balaban J connectivity index is 1.16. The van der Waals surface area contributed by atoms with Gasteiger partial charge in [0.25, 0.3) is 0 Å². The van der Waals surface area contributed by atoms with E-state index in [0.29, 0.717) is 18.6 Å². The van der Waals surface area contributed by atoms with Crippen LogP contribution >= 0.6 is 0 Å². The van der Waals surface area contributed by atoms with Crippen molar-refractivity contribution in [1.82, 2.24) is 14.6 Å². The van der Waals surface area contributed by atoms with Gasteiger partial charge in [-0.05, 0) is 61.3 Å². The van der Waals surface area contributed by atoms with Crippen LogP contribution in [0.15, 0.2) is 65.7 Å². The number of carbonyl (C=O) groups is 1. The lowest BCUT2D eigenvalue weighted by molar-refractivity contribution is -0.137. The number of pyridine rings is 1. The zero-order valence-corrected chi connectivity index (χ0v) is 19.4. The first-order valence-electron chi connectivity index (χ1n) is 11.7. The maximum Gasteiger partial charge on any atom is 0.242 e. The minimum absolute atomic E-state index is 0.0467. The first kappa shape index (κ1) is 22.0. The van der Waals surface area contributed by atoms with Crippen LogP contribution in [-0.4, -0.2) is 37.3 Å². The second-order valence-corrected chi connectivity index (χ2v) is 10.9. The molecule has 3 aromatic rings. The maximum absolute atomic E-state index is 13.1. The van der Waals surface area contributed by atoms with Gasteiger partial charge in [-0.25, -0.2) is 13.1 Å². The first-order valence-corrected chi connectivity index (χ1v) is 13.2. The van der Waals surface area contributed by atoms with Gasteiger partial charge in [-0.3, -0.25) is 9.78 Å². The molecule has 0 saturated heterocycles. The zero-order chi connectivity index (χ0) is 22.8. The Morgan fingerprint density at radius 2 is 1.73 bits per heavy atom. The average Bonchev–Trinajstić information content (AvgIpc) is 2.87. The number of benzene rings is 2. The predicted octanol–water partition coefficient (Wildman–Crippen LogP) is 3.90. The van der Waals surface area contributed by atoms with Crippen molar-refractivity contribution < 1.29 is 13.2 Å². The van der Waals surface area contributed by atoms with Crippen molar-refractivity contribution in [2.24, 2.45) is 11.8 Å². The summed E-state index contributed by atoms with van der Waals surface area (Å²) in [6.07, 6.45) is 5.88. The number of rotatable bonds is 5. The van der Waals surface area contributed by atoms with E-state index in [1.54, 1.807) is 24.4 Å². The highest BCUT2D eigenvalue weighted by Crippen LogP contribution is 2.31. The molecule has 33 heavy (non-hydrogen) atoms. The van der Waals surface area contributed by atoms with Crippen LogP contribution in [0, 0.1) is 11.8 Å². The molecule has 0 unspecified atom stereocenters. The van der Waals surface area contributed by atoms with Crippen molar-refractivity contribution in [3.63, 3.8) is 0 Å². The van der Waals surface area contributed by atoms with E-state index in [1.165, 1.54) is 11.1 Å². The van der Waals surface area contributed by atoms with E-state index in [9.17, 15) is 13.2 Å². The summed E-state index contributed by atoms with van der Waals surface area (Å²) < 4.78 is 28.7. The molecule has 1 aromatic heterocycles. The SMILES string of the molecule is O=C(C1CCC(CNS(=O)(=O)c2cccc3cccnc23)CC1)N1CCc2ccccc2C1. The fourth-order valence-corrected chi connectivity index (χ4v) is 6.45. The standard InChI is InChI=1S/C26H29N3O3S/c30-26(29-16-14-20-5-1-2-6-23(20)18-29)22-12-10-19(11-13-22)17-28-33(31,32)24-9-3-7-21-8-4-15-27-25(21)24/h1-9,15,19,22,28H,10-14,16-18H2. The fraction of sp³-hybridized carbons (Fsp3) is 0.385. The topological polar surface area (TPSA) is 79.4 Å². The van der Waals surface area contributed by atoms with Crippen LogP contribution in [0.25, 0.3) is 10.9 Å². The van der Waals surface area contributed by atoms with Gasteiger partial charge in [-0.1, -0.05) is 42.5 Å². The monoisotopic (exact) mass is 463 g/mol. The lowest BCUT2D eigenvalue weighted by Gasteiger charge is -2.34. The van der Waals surface area contributed by atoms with Gasteiger partial charge < -0.3 is 4.90 Å². The molecule has 2 aliphatic rings. The van der Waals surface area contributed by atoms with E-state index in [1.807, 2.05) is 23.1 Å². The van der Waals surface area contributed by atoms with Crippen molar-refractivity contribution in [3.8, 4) is 0 Å². The molecule has 1 N–H and O–H groups in total. The first-order chi connectivity index (χ1) is 16.0. The van der Waals surface area contributed by atoms with Crippen LogP contribution < -0.4 is 4.72 Å². The lowest BCUT2D eigenvalue weighted by atomic mass is 9.81. The van der Waals surface area contributed by atoms with Gasteiger partial charge in [0.15, 0.2) is 0 Å². The highest BCUT2D eigenvalue weighted by molar-refractivity contribution is 7.89. The van der Waals surface area contributed by atoms with Crippen molar-refractivity contribution in [3.05, 3.63) is 71.9 Å². The molecule has 0 bridgehead atoms. The molecule has 1 aliphatic carbocycles. The smallest absolute Gasteiger partial charge is 0.242 e. The Morgan fingerprint density at radius 1 is 0.970 bits per heavy atom. The number of nitrogens with zero attached hydrogens (tertiary/aromatic N) is 2. The third-order valence-electron chi connectivity index (χ3n) is 7.09. The number of fused-ring (bicyclic) bond motifs is 2. The van der Waals surface area contributed by atoms with Crippen LogP contribution in [0.4, 0.5) is 0 Å². The van der Waals surface area contributed by atoms with Crippen LogP contribution in [0.5, 0.6) is 0 Å². The van der Waals surface area contributed by atoms with E-state index in [0.717, 1.165) is 44.0 Å². The molecule has 5 rings (SSSR count). The lowest BCUT2D eigenvalue weighted by Crippen LogP contribution is -2.41. The number of nitrogens with one attached hydrogen (secondary N) is 1. The molecule has 1 saturated carbocycles. The number of hydrogen-bond acceptors (Lipinski definition) is 4. The van der Waals surface area contributed by atoms with Gasteiger partial charge in [0.1, 0.15) is 4.90 Å². The van der Waals surface area contributed by atoms with Gasteiger partial charge in [-0.15, -0.1) is 0 Å². The predicted molar refractivity (Wildman–Crippen MR) is 128 cm³/mol. The minimum Gasteiger partial charge on any atom is -0.338 e. The molecule has 1 amide bonds. The normalized spacial score (nSPS) is 21.0. The summed E-state index contributed by atoms with van der Waals surface area (Å²) in [7, 11) is -3.65. The number of aromatic nitrogens is 1. The number of carbonyl (C=O) groups excluding carboxylic acids is 1. The Bertz CT molecular complexity index is 1260. The van der Waals surface area contributed by atoms with Gasteiger partial charge in [0.2, 0.25) is 15.9 Å². The van der Waals surface area contributed by atoms with Crippen LogP contribution in [-0.2, 0) is 27.8 Å². The van der Waals surface area contributed by atoms with Gasteiger partial charge >= 0.3 is 0 Å². The van der Waals surface area contributed by atoms with E-state index >= 15 is 0 Å². The summed E-state index contributed by atoms with van der Waals surface area (Å²) in [5.74, 6) is 0.546. The Labute approximate surface area is 195 Å². The molecule has 0 spiro atoms. The van der Waals surface area contributed by atoms with Gasteiger partial charge in [0, 0.05) is 37.1 Å². The Morgan fingerprint density at radius 3 is 2.55 bits per heavy atom. The van der Waals surface area contributed by atoms with Gasteiger partial charge in [0.05, 0.1) is 5.52 Å². The molecule has 172 valence electrons. The summed E-state index contributed by atoms with van der Waals surface area (Å²) in [4.78, 5) is 19.6. The second-order valence-electron chi connectivity index (χ2n) is 9.18. The quantitative estimate of drug-likeness (QED) is 0.622.